The van der Waals surface area contributed by atoms with Gasteiger partial charge in [-0.2, -0.15) is 0 Å². The number of hydrogen-bond donors (Lipinski definition) is 3. The number of aliphatic hydroxyl groups is 2. The van der Waals surface area contributed by atoms with Gasteiger partial charge < -0.3 is 15.5 Å². The molecule has 78 valence electrons. The second-order valence-electron chi connectivity index (χ2n) is 2.96. The van der Waals surface area contributed by atoms with E-state index in [-0.39, 0.29) is 19.1 Å². The molecule has 0 aromatic heterocycles. The van der Waals surface area contributed by atoms with Crippen LogP contribution in [0.4, 0.5) is 0 Å². The predicted molar refractivity (Wildman–Crippen MR) is 50.3 cm³/mol. The Hall–Kier alpha value is -0.610. The normalized spacial score (nSPS) is 10.0. The van der Waals surface area contributed by atoms with Crippen molar-refractivity contribution in [3.63, 3.8) is 0 Å². The van der Waals surface area contributed by atoms with Crippen LogP contribution in [0.5, 0.6) is 0 Å². The van der Waals surface area contributed by atoms with E-state index >= 15 is 0 Å². The standard InChI is InChI=1S/C9H19NO3/c11-7-3-1-2-5-9(13)10-6-4-8-12/h11-12H,1-8H2,(H,10,13). The summed E-state index contributed by atoms with van der Waals surface area (Å²) in [6.45, 7) is 0.867. The Morgan fingerprint density at radius 2 is 1.69 bits per heavy atom. The highest BCUT2D eigenvalue weighted by atomic mass is 16.3. The summed E-state index contributed by atoms with van der Waals surface area (Å²) < 4.78 is 0. The van der Waals surface area contributed by atoms with Gasteiger partial charge in [0.2, 0.25) is 5.91 Å². The van der Waals surface area contributed by atoms with Crippen molar-refractivity contribution in [1.29, 1.82) is 0 Å². The zero-order valence-electron chi connectivity index (χ0n) is 7.96. The molecule has 0 aliphatic carbocycles. The van der Waals surface area contributed by atoms with Gasteiger partial charge in [0.25, 0.3) is 0 Å². The topological polar surface area (TPSA) is 69.6 Å². The van der Waals surface area contributed by atoms with Crippen LogP contribution in [-0.2, 0) is 4.79 Å². The first kappa shape index (κ1) is 12.4. The summed E-state index contributed by atoms with van der Waals surface area (Å²) in [5.74, 6) is 0.0337. The number of unbranched alkanes of at least 4 members (excludes halogenated alkanes) is 2. The van der Waals surface area contributed by atoms with Crippen LogP contribution in [0.1, 0.15) is 32.1 Å². The van der Waals surface area contributed by atoms with Crippen LogP contribution in [-0.4, -0.2) is 35.9 Å². The Morgan fingerprint density at radius 1 is 1.00 bits per heavy atom. The van der Waals surface area contributed by atoms with Gasteiger partial charge in [0.1, 0.15) is 0 Å². The van der Waals surface area contributed by atoms with Gasteiger partial charge >= 0.3 is 0 Å². The minimum atomic E-state index is 0.0337. The van der Waals surface area contributed by atoms with Crippen LogP contribution in [0, 0.1) is 0 Å². The highest BCUT2D eigenvalue weighted by Crippen LogP contribution is 1.98. The van der Waals surface area contributed by atoms with Gasteiger partial charge in [-0.1, -0.05) is 6.42 Å². The quantitative estimate of drug-likeness (QED) is 0.472. The van der Waals surface area contributed by atoms with Gasteiger partial charge in [-0.15, -0.1) is 0 Å². The second-order valence-corrected chi connectivity index (χ2v) is 2.96. The van der Waals surface area contributed by atoms with Crippen LogP contribution in [0.2, 0.25) is 0 Å². The molecular formula is C9H19NO3. The van der Waals surface area contributed by atoms with E-state index in [1.807, 2.05) is 0 Å². The monoisotopic (exact) mass is 189 g/mol. The highest BCUT2D eigenvalue weighted by molar-refractivity contribution is 5.75. The van der Waals surface area contributed by atoms with Gasteiger partial charge in [-0.3, -0.25) is 4.79 Å². The average Bonchev–Trinajstić information content (AvgIpc) is 2.13. The van der Waals surface area contributed by atoms with E-state index in [1.165, 1.54) is 0 Å². The third-order valence-corrected chi connectivity index (χ3v) is 1.72. The van der Waals surface area contributed by atoms with Crippen molar-refractivity contribution in [2.24, 2.45) is 0 Å². The van der Waals surface area contributed by atoms with E-state index in [2.05, 4.69) is 5.32 Å². The number of rotatable bonds is 8. The number of nitrogens with one attached hydrogen (secondary N) is 1. The van der Waals surface area contributed by atoms with Crippen LogP contribution in [0.15, 0.2) is 0 Å². The van der Waals surface area contributed by atoms with Gasteiger partial charge in [0, 0.05) is 26.2 Å². The van der Waals surface area contributed by atoms with Crippen LogP contribution in [0.25, 0.3) is 0 Å². The average molecular weight is 189 g/mol. The first-order chi connectivity index (χ1) is 6.31. The Labute approximate surface area is 79.0 Å². The number of hydrogen-bond acceptors (Lipinski definition) is 3. The number of amides is 1. The Kier molecular flexibility index (Phi) is 9.03. The first-order valence-corrected chi connectivity index (χ1v) is 4.79. The number of carbonyl (C=O) groups excluding carboxylic acids is 1. The van der Waals surface area contributed by atoms with Crippen LogP contribution in [0.3, 0.4) is 0 Å². The third kappa shape index (κ3) is 9.30. The summed E-state index contributed by atoms with van der Waals surface area (Å²) >= 11 is 0. The molecule has 13 heavy (non-hydrogen) atoms. The van der Waals surface area contributed by atoms with Crippen molar-refractivity contribution in [3.8, 4) is 0 Å². The van der Waals surface area contributed by atoms with Crippen molar-refractivity contribution in [1.82, 2.24) is 5.32 Å². The molecule has 0 heterocycles. The largest absolute Gasteiger partial charge is 0.396 e. The summed E-state index contributed by atoms with van der Waals surface area (Å²) in [5, 5.41) is 19.6. The minimum absolute atomic E-state index is 0.0337. The fraction of sp³-hybridized carbons (Fsp3) is 0.889. The highest BCUT2D eigenvalue weighted by Gasteiger charge is 1.98. The molecular weight excluding hydrogens is 170 g/mol. The molecule has 0 saturated carbocycles. The molecule has 0 aliphatic heterocycles. The van der Waals surface area contributed by atoms with Crippen LogP contribution < -0.4 is 5.32 Å². The lowest BCUT2D eigenvalue weighted by Crippen LogP contribution is -2.24. The van der Waals surface area contributed by atoms with E-state index < -0.39 is 0 Å². The predicted octanol–water partition coefficient (Wildman–Crippen LogP) is 0.0377. The second kappa shape index (κ2) is 9.48. The zero-order valence-corrected chi connectivity index (χ0v) is 7.96. The molecule has 4 heteroatoms. The minimum Gasteiger partial charge on any atom is -0.396 e. The van der Waals surface area contributed by atoms with E-state index in [1.54, 1.807) is 0 Å². The van der Waals surface area contributed by atoms with Gasteiger partial charge in [-0.05, 0) is 19.3 Å². The lowest BCUT2D eigenvalue weighted by atomic mass is 10.2. The van der Waals surface area contributed by atoms with E-state index in [0.717, 1.165) is 19.3 Å². The lowest BCUT2D eigenvalue weighted by Gasteiger charge is -2.02. The molecule has 0 atom stereocenters. The van der Waals surface area contributed by atoms with Crippen molar-refractivity contribution in [3.05, 3.63) is 0 Å². The number of carbonyl (C=O) groups is 1. The summed E-state index contributed by atoms with van der Waals surface area (Å²) in [4.78, 5) is 11.0. The van der Waals surface area contributed by atoms with Gasteiger partial charge in [0.05, 0.1) is 0 Å². The number of aliphatic hydroxyl groups excluding tert-OH is 2. The summed E-state index contributed by atoms with van der Waals surface area (Å²) in [5.41, 5.74) is 0. The molecule has 1 amide bonds. The Morgan fingerprint density at radius 3 is 2.31 bits per heavy atom. The van der Waals surface area contributed by atoms with E-state index in [9.17, 15) is 4.79 Å². The van der Waals surface area contributed by atoms with Crippen molar-refractivity contribution < 1.29 is 15.0 Å². The molecule has 0 aromatic carbocycles. The van der Waals surface area contributed by atoms with E-state index in [4.69, 9.17) is 10.2 Å². The molecule has 0 saturated heterocycles. The Balaban J connectivity index is 3.11. The molecule has 0 unspecified atom stereocenters. The third-order valence-electron chi connectivity index (χ3n) is 1.72. The summed E-state index contributed by atoms with van der Waals surface area (Å²) in [6.07, 6.45) is 3.62. The summed E-state index contributed by atoms with van der Waals surface area (Å²) in [6, 6.07) is 0. The fourth-order valence-corrected chi connectivity index (χ4v) is 0.969. The zero-order chi connectivity index (χ0) is 9.94. The van der Waals surface area contributed by atoms with Crippen molar-refractivity contribution in [2.45, 2.75) is 32.1 Å². The molecule has 3 N–H and O–H groups in total. The SMILES string of the molecule is O=C(CCCCCO)NCCCO. The fourth-order valence-electron chi connectivity index (χ4n) is 0.969. The van der Waals surface area contributed by atoms with Gasteiger partial charge in [-0.25, -0.2) is 0 Å². The first-order valence-electron chi connectivity index (χ1n) is 4.79. The molecule has 0 radical (unpaired) electrons. The van der Waals surface area contributed by atoms with Crippen molar-refractivity contribution >= 4 is 5.91 Å². The molecule has 0 aliphatic rings. The smallest absolute Gasteiger partial charge is 0.219 e. The molecule has 0 rings (SSSR count). The molecule has 0 spiro atoms. The maximum Gasteiger partial charge on any atom is 0.219 e. The Bertz CT molecular complexity index is 128. The maximum atomic E-state index is 11.0. The molecule has 0 bridgehead atoms. The molecule has 4 nitrogen and oxygen atoms in total. The summed E-state index contributed by atoms with van der Waals surface area (Å²) in [7, 11) is 0. The maximum absolute atomic E-state index is 11.0. The lowest BCUT2D eigenvalue weighted by molar-refractivity contribution is -0.121. The van der Waals surface area contributed by atoms with Crippen molar-refractivity contribution in [2.75, 3.05) is 19.8 Å². The molecule has 0 fully saturated rings. The van der Waals surface area contributed by atoms with Crippen LogP contribution >= 0.6 is 0 Å². The van der Waals surface area contributed by atoms with Gasteiger partial charge in [0.15, 0.2) is 0 Å². The molecule has 0 aromatic rings. The van der Waals surface area contributed by atoms with E-state index in [0.29, 0.717) is 19.4 Å².